The first-order valence-corrected chi connectivity index (χ1v) is 10.8. The molecule has 0 atom stereocenters. The molecule has 0 bridgehead atoms. The summed E-state index contributed by atoms with van der Waals surface area (Å²) in [5.74, 6) is 0.608. The summed E-state index contributed by atoms with van der Waals surface area (Å²) in [6.07, 6.45) is 2.62. The van der Waals surface area contributed by atoms with E-state index in [9.17, 15) is 9.59 Å². The molecule has 0 fully saturated rings. The Morgan fingerprint density at radius 3 is 2.57 bits per heavy atom. The Bertz CT molecular complexity index is 849. The fourth-order valence-electron chi connectivity index (χ4n) is 3.25. The molecule has 0 saturated carbocycles. The summed E-state index contributed by atoms with van der Waals surface area (Å²) in [6, 6.07) is 15.3. The molecule has 1 amide bonds. The Morgan fingerprint density at radius 1 is 1.14 bits per heavy atom. The molecule has 148 valence electrons. The molecule has 2 aromatic rings. The highest BCUT2D eigenvalue weighted by Gasteiger charge is 2.38. The number of esters is 1. The number of hydrogen-bond acceptors (Lipinski definition) is 5. The number of nitrogens with one attached hydrogen (secondary N) is 1. The third-order valence-corrected chi connectivity index (χ3v) is 5.30. The summed E-state index contributed by atoms with van der Waals surface area (Å²) in [5.41, 5.74) is 2.87. The van der Waals surface area contributed by atoms with Crippen molar-refractivity contribution in [3.05, 3.63) is 59.7 Å². The van der Waals surface area contributed by atoms with E-state index in [1.54, 1.807) is 28.8 Å². The quantitative estimate of drug-likeness (QED) is 0.556. The van der Waals surface area contributed by atoms with Crippen molar-refractivity contribution in [2.75, 3.05) is 29.6 Å². The average Bonchev–Trinajstić information content (AvgIpc) is 2.68. The van der Waals surface area contributed by atoms with E-state index in [0.29, 0.717) is 18.5 Å². The van der Waals surface area contributed by atoms with Crippen molar-refractivity contribution in [1.29, 1.82) is 0 Å². The van der Waals surface area contributed by atoms with Gasteiger partial charge in [-0.15, -0.1) is 0 Å². The number of anilines is 2. The minimum absolute atomic E-state index is 0.0157. The zero-order valence-electron chi connectivity index (χ0n) is 16.5. The van der Waals surface area contributed by atoms with Crippen molar-refractivity contribution in [3.63, 3.8) is 0 Å². The predicted octanol–water partition coefficient (Wildman–Crippen LogP) is 4.33. The number of ether oxygens (including phenoxy) is 1. The number of carbonyl (C=O) groups excluding carboxylic acids is 2. The molecule has 28 heavy (non-hydrogen) atoms. The minimum Gasteiger partial charge on any atom is -0.462 e. The second-order valence-corrected chi connectivity index (χ2v) is 8.21. The summed E-state index contributed by atoms with van der Waals surface area (Å²) in [5, 5.41) is 3.28. The van der Waals surface area contributed by atoms with Gasteiger partial charge >= 0.3 is 5.97 Å². The van der Waals surface area contributed by atoms with Crippen LogP contribution < -0.4 is 10.2 Å². The standard InChI is InChI=1S/C22H26N2O3S/c1-22(2)21(26)24(19-8-5-4-7-18(19)23-22)13-6-14-27-20(25)17-11-9-16(10-12-17)15-28-3/h4-5,7-12,23H,6,13-15H2,1-3H3. The largest absolute Gasteiger partial charge is 0.462 e. The molecule has 2 aromatic carbocycles. The summed E-state index contributed by atoms with van der Waals surface area (Å²) in [7, 11) is 0. The highest BCUT2D eigenvalue weighted by atomic mass is 32.2. The van der Waals surface area contributed by atoms with E-state index in [1.165, 1.54) is 5.56 Å². The first kappa shape index (κ1) is 20.3. The van der Waals surface area contributed by atoms with Gasteiger partial charge in [0, 0.05) is 12.3 Å². The molecule has 5 nitrogen and oxygen atoms in total. The van der Waals surface area contributed by atoms with Gasteiger partial charge in [-0.1, -0.05) is 24.3 Å². The smallest absolute Gasteiger partial charge is 0.338 e. The number of fused-ring (bicyclic) bond motifs is 1. The van der Waals surface area contributed by atoms with Gasteiger partial charge < -0.3 is 15.0 Å². The summed E-state index contributed by atoms with van der Waals surface area (Å²) in [6.45, 7) is 4.52. The molecule has 1 N–H and O–H groups in total. The number of benzene rings is 2. The fourth-order valence-corrected chi connectivity index (χ4v) is 3.77. The number of carbonyl (C=O) groups is 2. The molecule has 6 heteroatoms. The summed E-state index contributed by atoms with van der Waals surface area (Å²) in [4.78, 5) is 26.8. The fraction of sp³-hybridized carbons (Fsp3) is 0.364. The SMILES string of the molecule is CSCc1ccc(C(=O)OCCCN2C(=O)C(C)(C)Nc3ccccc32)cc1. The van der Waals surface area contributed by atoms with Crippen LogP contribution in [0.1, 0.15) is 36.2 Å². The normalized spacial score (nSPS) is 15.0. The molecule has 1 aliphatic heterocycles. The molecule has 3 rings (SSSR count). The lowest BCUT2D eigenvalue weighted by Gasteiger charge is -2.40. The number of para-hydroxylation sites is 2. The van der Waals surface area contributed by atoms with Gasteiger partial charge in [0.25, 0.3) is 5.91 Å². The predicted molar refractivity (Wildman–Crippen MR) is 115 cm³/mol. The van der Waals surface area contributed by atoms with Gasteiger partial charge in [-0.05, 0) is 56.4 Å². The van der Waals surface area contributed by atoms with Crippen molar-refractivity contribution in [2.45, 2.75) is 31.6 Å². The molecular formula is C22H26N2O3S. The zero-order chi connectivity index (χ0) is 20.1. The van der Waals surface area contributed by atoms with E-state index in [4.69, 9.17) is 4.74 Å². The monoisotopic (exact) mass is 398 g/mol. The second kappa shape index (κ2) is 8.69. The molecule has 0 radical (unpaired) electrons. The van der Waals surface area contributed by atoms with Gasteiger partial charge in [-0.25, -0.2) is 4.79 Å². The zero-order valence-corrected chi connectivity index (χ0v) is 17.3. The first-order valence-electron chi connectivity index (χ1n) is 9.36. The van der Waals surface area contributed by atoms with Crippen LogP contribution in [0.4, 0.5) is 11.4 Å². The lowest BCUT2D eigenvalue weighted by molar-refractivity contribution is -0.122. The van der Waals surface area contributed by atoms with Crippen LogP contribution in [0, 0.1) is 0 Å². The summed E-state index contributed by atoms with van der Waals surface area (Å²) < 4.78 is 5.40. The molecular weight excluding hydrogens is 372 g/mol. The lowest BCUT2D eigenvalue weighted by Crippen LogP contribution is -2.54. The number of rotatable bonds is 7. The van der Waals surface area contributed by atoms with Crippen LogP contribution in [-0.2, 0) is 15.3 Å². The Balaban J connectivity index is 1.56. The average molecular weight is 399 g/mol. The van der Waals surface area contributed by atoms with Gasteiger partial charge in [0.05, 0.1) is 23.5 Å². The van der Waals surface area contributed by atoms with Crippen molar-refractivity contribution >= 4 is 35.0 Å². The van der Waals surface area contributed by atoms with Crippen LogP contribution in [0.25, 0.3) is 0 Å². The van der Waals surface area contributed by atoms with Crippen LogP contribution >= 0.6 is 11.8 Å². The molecule has 0 aromatic heterocycles. The van der Waals surface area contributed by atoms with Crippen LogP contribution in [-0.4, -0.2) is 36.8 Å². The third kappa shape index (κ3) is 4.50. The molecule has 0 aliphatic carbocycles. The molecule has 0 unspecified atom stereocenters. The highest BCUT2D eigenvalue weighted by Crippen LogP contribution is 2.34. The van der Waals surface area contributed by atoms with Gasteiger partial charge in [0.2, 0.25) is 0 Å². The maximum atomic E-state index is 12.8. The van der Waals surface area contributed by atoms with E-state index < -0.39 is 5.54 Å². The number of thioether (sulfide) groups is 1. The number of amides is 1. The Hall–Kier alpha value is -2.47. The van der Waals surface area contributed by atoms with E-state index in [2.05, 4.69) is 5.32 Å². The van der Waals surface area contributed by atoms with E-state index in [-0.39, 0.29) is 18.5 Å². The molecule has 1 heterocycles. The highest BCUT2D eigenvalue weighted by molar-refractivity contribution is 7.97. The van der Waals surface area contributed by atoms with E-state index >= 15 is 0 Å². The number of nitrogens with zero attached hydrogens (tertiary/aromatic N) is 1. The first-order chi connectivity index (χ1) is 13.4. The van der Waals surface area contributed by atoms with Gasteiger partial charge in [-0.2, -0.15) is 11.8 Å². The van der Waals surface area contributed by atoms with Crippen LogP contribution in [0.5, 0.6) is 0 Å². The molecule has 0 saturated heterocycles. The Kier molecular flexibility index (Phi) is 6.29. The van der Waals surface area contributed by atoms with Crippen LogP contribution in [0.3, 0.4) is 0 Å². The summed E-state index contributed by atoms with van der Waals surface area (Å²) >= 11 is 1.74. The van der Waals surface area contributed by atoms with Crippen LogP contribution in [0.2, 0.25) is 0 Å². The van der Waals surface area contributed by atoms with Crippen molar-refractivity contribution < 1.29 is 14.3 Å². The Labute approximate surface area is 170 Å². The topological polar surface area (TPSA) is 58.6 Å². The van der Waals surface area contributed by atoms with E-state index in [0.717, 1.165) is 17.1 Å². The molecule has 1 aliphatic rings. The maximum absolute atomic E-state index is 12.8. The van der Waals surface area contributed by atoms with E-state index in [1.807, 2.05) is 56.5 Å². The lowest BCUT2D eigenvalue weighted by atomic mass is 9.98. The maximum Gasteiger partial charge on any atom is 0.338 e. The number of hydrogen-bond donors (Lipinski definition) is 1. The Morgan fingerprint density at radius 2 is 1.86 bits per heavy atom. The minimum atomic E-state index is -0.663. The molecule has 0 spiro atoms. The third-order valence-electron chi connectivity index (χ3n) is 4.68. The van der Waals surface area contributed by atoms with Gasteiger partial charge in [0.15, 0.2) is 0 Å². The second-order valence-electron chi connectivity index (χ2n) is 7.34. The van der Waals surface area contributed by atoms with Gasteiger partial charge in [-0.3, -0.25) is 4.79 Å². The van der Waals surface area contributed by atoms with Crippen molar-refractivity contribution in [2.24, 2.45) is 0 Å². The van der Waals surface area contributed by atoms with Crippen molar-refractivity contribution in [3.8, 4) is 0 Å². The van der Waals surface area contributed by atoms with Crippen LogP contribution in [0.15, 0.2) is 48.5 Å². The van der Waals surface area contributed by atoms with Gasteiger partial charge in [0.1, 0.15) is 5.54 Å². The van der Waals surface area contributed by atoms with Crippen molar-refractivity contribution in [1.82, 2.24) is 0 Å².